The monoisotopic (exact) mass is 500 g/mol. The molecule has 0 saturated carbocycles. The van der Waals surface area contributed by atoms with Crippen molar-refractivity contribution < 1.29 is 34.2 Å². The highest BCUT2D eigenvalue weighted by Crippen LogP contribution is 2.10. The van der Waals surface area contributed by atoms with Crippen LogP contribution in [0.2, 0.25) is 0 Å². The van der Waals surface area contributed by atoms with Gasteiger partial charge in [-0.05, 0) is 12.3 Å². The highest BCUT2D eigenvalue weighted by molar-refractivity contribution is 7.80. The van der Waals surface area contributed by atoms with Gasteiger partial charge in [0.1, 0.15) is 18.1 Å². The van der Waals surface area contributed by atoms with E-state index in [4.69, 9.17) is 10.8 Å². The molecule has 1 heterocycles. The molecule has 34 heavy (non-hydrogen) atoms. The van der Waals surface area contributed by atoms with E-state index in [1.54, 1.807) is 13.8 Å². The van der Waals surface area contributed by atoms with E-state index in [-0.39, 0.29) is 30.9 Å². The number of aromatic amines is 1. The molecule has 3 amide bonds. The van der Waals surface area contributed by atoms with Crippen molar-refractivity contribution in [3.05, 3.63) is 18.2 Å². The molecule has 1 aromatic rings. The minimum atomic E-state index is -1.27. The van der Waals surface area contributed by atoms with E-state index in [1.807, 2.05) is 0 Å². The van der Waals surface area contributed by atoms with Crippen molar-refractivity contribution in [3.8, 4) is 0 Å². The summed E-state index contributed by atoms with van der Waals surface area (Å²) >= 11 is 4.08. The molecule has 0 bridgehead atoms. The van der Waals surface area contributed by atoms with Crippen LogP contribution >= 0.6 is 12.6 Å². The van der Waals surface area contributed by atoms with Crippen molar-refractivity contribution >= 4 is 42.3 Å². The number of carbonyl (C=O) groups is 5. The maximum Gasteiger partial charge on any atom is 0.326 e. The number of nitrogens with one attached hydrogen (secondary N) is 4. The van der Waals surface area contributed by atoms with Crippen LogP contribution in [-0.4, -0.2) is 79.8 Å². The molecular weight excluding hydrogens is 468 g/mol. The molecular formula is C20H32N6O7S. The summed E-state index contributed by atoms with van der Waals surface area (Å²) < 4.78 is 0. The number of amides is 3. The van der Waals surface area contributed by atoms with Crippen LogP contribution < -0.4 is 21.7 Å². The zero-order valence-corrected chi connectivity index (χ0v) is 19.9. The summed E-state index contributed by atoms with van der Waals surface area (Å²) in [7, 11) is 0. The Morgan fingerprint density at radius 1 is 1.09 bits per heavy atom. The fraction of sp³-hybridized carbons (Fsp3) is 0.600. The summed E-state index contributed by atoms with van der Waals surface area (Å²) in [6, 6.07) is -4.63. The first-order valence-corrected chi connectivity index (χ1v) is 11.3. The molecule has 14 heteroatoms. The third-order valence-corrected chi connectivity index (χ3v) is 5.57. The van der Waals surface area contributed by atoms with Crippen LogP contribution in [0.1, 0.15) is 38.8 Å². The zero-order chi connectivity index (χ0) is 25.8. The number of carboxylic acid groups (broad SMARTS) is 2. The third kappa shape index (κ3) is 9.39. The summed E-state index contributed by atoms with van der Waals surface area (Å²) in [4.78, 5) is 66.8. The van der Waals surface area contributed by atoms with E-state index in [2.05, 4.69) is 38.5 Å². The van der Waals surface area contributed by atoms with Crippen molar-refractivity contribution in [3.63, 3.8) is 0 Å². The first kappa shape index (κ1) is 28.9. The maximum absolute atomic E-state index is 12.9. The molecule has 0 aliphatic rings. The number of carboxylic acids is 2. The van der Waals surface area contributed by atoms with E-state index in [0.717, 1.165) is 0 Å². The van der Waals surface area contributed by atoms with Crippen molar-refractivity contribution in [2.24, 2.45) is 11.7 Å². The Balaban J connectivity index is 2.85. The summed E-state index contributed by atoms with van der Waals surface area (Å²) in [5.41, 5.74) is 6.22. The maximum atomic E-state index is 12.9. The molecule has 0 fully saturated rings. The van der Waals surface area contributed by atoms with Gasteiger partial charge in [-0.2, -0.15) is 12.6 Å². The number of nitrogens with two attached hydrogens (primary N) is 1. The number of hydrogen-bond acceptors (Lipinski definition) is 8. The molecule has 0 aromatic carbocycles. The first-order valence-electron chi connectivity index (χ1n) is 10.7. The highest BCUT2D eigenvalue weighted by atomic mass is 32.1. The normalized spacial score (nSPS) is 15.3. The largest absolute Gasteiger partial charge is 0.481 e. The molecule has 0 spiro atoms. The topological polar surface area (TPSA) is 217 Å². The van der Waals surface area contributed by atoms with Gasteiger partial charge < -0.3 is 36.9 Å². The number of hydrogen-bond donors (Lipinski definition) is 8. The van der Waals surface area contributed by atoms with Gasteiger partial charge in [-0.15, -0.1) is 0 Å². The van der Waals surface area contributed by atoms with Gasteiger partial charge in [-0.3, -0.25) is 19.2 Å². The fourth-order valence-electron chi connectivity index (χ4n) is 2.92. The lowest BCUT2D eigenvalue weighted by Crippen LogP contribution is -2.59. The molecule has 190 valence electrons. The lowest BCUT2D eigenvalue weighted by atomic mass is 9.97. The van der Waals surface area contributed by atoms with Crippen LogP contribution in [-0.2, 0) is 30.4 Å². The predicted molar refractivity (Wildman–Crippen MR) is 124 cm³/mol. The van der Waals surface area contributed by atoms with Crippen molar-refractivity contribution in [1.29, 1.82) is 0 Å². The summed E-state index contributed by atoms with van der Waals surface area (Å²) in [6.45, 7) is 3.52. The van der Waals surface area contributed by atoms with E-state index in [1.165, 1.54) is 12.5 Å². The Bertz CT molecular complexity index is 850. The average Bonchev–Trinajstić information content (AvgIpc) is 3.30. The lowest BCUT2D eigenvalue weighted by Gasteiger charge is -2.27. The van der Waals surface area contributed by atoms with Gasteiger partial charge in [-0.1, -0.05) is 20.3 Å². The summed E-state index contributed by atoms with van der Waals surface area (Å²) in [6.07, 6.45) is 2.86. The quantitative estimate of drug-likeness (QED) is 0.133. The number of aliphatic carboxylic acids is 2. The molecule has 0 saturated heterocycles. The molecule has 0 aliphatic heterocycles. The van der Waals surface area contributed by atoms with Crippen LogP contribution in [0.5, 0.6) is 0 Å². The number of aromatic nitrogens is 2. The number of carbonyl (C=O) groups excluding carboxylic acids is 3. The number of rotatable bonds is 15. The van der Waals surface area contributed by atoms with Crippen molar-refractivity contribution in [2.75, 3.05) is 5.75 Å². The van der Waals surface area contributed by atoms with Gasteiger partial charge in [0.15, 0.2) is 0 Å². The van der Waals surface area contributed by atoms with Crippen molar-refractivity contribution in [1.82, 2.24) is 25.9 Å². The SMILES string of the molecule is CCC(C)C(NC(=O)C(N)CCC(=O)O)C(=O)NC(CS)C(=O)NC(Cc1cnc[nH]1)C(=O)O. The number of thiol groups is 1. The van der Waals surface area contributed by atoms with Crippen LogP contribution in [0.25, 0.3) is 0 Å². The van der Waals surface area contributed by atoms with E-state index in [0.29, 0.717) is 12.1 Å². The van der Waals surface area contributed by atoms with Crippen LogP contribution in [0.3, 0.4) is 0 Å². The van der Waals surface area contributed by atoms with Crippen molar-refractivity contribution in [2.45, 2.75) is 63.7 Å². The summed E-state index contributed by atoms with van der Waals surface area (Å²) in [5.74, 6) is -4.98. The number of imidazole rings is 1. The molecule has 8 N–H and O–H groups in total. The Labute approximate surface area is 202 Å². The number of H-pyrrole nitrogens is 1. The third-order valence-electron chi connectivity index (χ3n) is 5.21. The Kier molecular flexibility index (Phi) is 12.1. The van der Waals surface area contributed by atoms with Gasteiger partial charge in [0, 0.05) is 30.5 Å². The van der Waals surface area contributed by atoms with Gasteiger partial charge in [0.2, 0.25) is 17.7 Å². The van der Waals surface area contributed by atoms with Crippen LogP contribution in [0.15, 0.2) is 12.5 Å². The standard InChI is InChI=1S/C20H32N6O7S/c1-3-10(2)16(26-17(29)12(21)4-5-15(27)28)19(31)25-14(8-34)18(30)24-13(20(32)33)6-11-7-22-9-23-11/h7,9-10,12-14,16,34H,3-6,8,21H2,1-2H3,(H,22,23)(H,24,30)(H,25,31)(H,26,29)(H,27,28)(H,32,33). The molecule has 5 unspecified atom stereocenters. The Morgan fingerprint density at radius 3 is 2.24 bits per heavy atom. The minimum Gasteiger partial charge on any atom is -0.481 e. The zero-order valence-electron chi connectivity index (χ0n) is 19.0. The fourth-order valence-corrected chi connectivity index (χ4v) is 3.17. The minimum absolute atomic E-state index is 0.0475. The molecule has 0 aliphatic carbocycles. The van der Waals surface area contributed by atoms with Crippen LogP contribution in [0.4, 0.5) is 0 Å². The second kappa shape index (κ2) is 14.2. The Morgan fingerprint density at radius 2 is 1.74 bits per heavy atom. The highest BCUT2D eigenvalue weighted by Gasteiger charge is 2.32. The van der Waals surface area contributed by atoms with E-state index in [9.17, 15) is 29.1 Å². The number of nitrogens with zero attached hydrogens (tertiary/aromatic N) is 1. The Hall–Kier alpha value is -3.13. The van der Waals surface area contributed by atoms with E-state index < -0.39 is 53.8 Å². The first-order chi connectivity index (χ1) is 16.0. The van der Waals surface area contributed by atoms with Gasteiger partial charge in [-0.25, -0.2) is 9.78 Å². The second-order valence-electron chi connectivity index (χ2n) is 7.83. The lowest BCUT2D eigenvalue weighted by molar-refractivity contribution is -0.142. The smallest absolute Gasteiger partial charge is 0.326 e. The molecule has 1 aromatic heterocycles. The van der Waals surface area contributed by atoms with Crippen LogP contribution in [0, 0.1) is 5.92 Å². The van der Waals surface area contributed by atoms with E-state index >= 15 is 0 Å². The second-order valence-corrected chi connectivity index (χ2v) is 8.20. The van der Waals surface area contributed by atoms with Gasteiger partial charge in [0.05, 0.1) is 12.4 Å². The average molecular weight is 501 g/mol. The molecule has 13 nitrogen and oxygen atoms in total. The summed E-state index contributed by atoms with van der Waals surface area (Å²) in [5, 5.41) is 25.6. The predicted octanol–water partition coefficient (Wildman–Crippen LogP) is -1.34. The van der Waals surface area contributed by atoms with Gasteiger partial charge >= 0.3 is 11.9 Å². The molecule has 1 rings (SSSR count). The molecule has 0 radical (unpaired) electrons. The van der Waals surface area contributed by atoms with Gasteiger partial charge in [0.25, 0.3) is 0 Å². The molecule has 5 atom stereocenters.